The Hall–Kier alpha value is -1.12. The molecule has 0 aliphatic heterocycles. The lowest BCUT2D eigenvalue weighted by Crippen LogP contribution is -2.05. The summed E-state index contributed by atoms with van der Waals surface area (Å²) in [6.07, 6.45) is 0. The van der Waals surface area contributed by atoms with Gasteiger partial charge in [0, 0.05) is 12.0 Å². The fourth-order valence-electron chi connectivity index (χ4n) is 0.881. The Labute approximate surface area is 75.3 Å². The Kier molecular flexibility index (Phi) is 2.55. The van der Waals surface area contributed by atoms with Gasteiger partial charge >= 0.3 is 5.97 Å². The molecule has 0 saturated heterocycles. The zero-order valence-electron chi connectivity index (χ0n) is 6.97. The van der Waals surface area contributed by atoms with Gasteiger partial charge in [0.1, 0.15) is 0 Å². The monoisotopic (exact) mass is 200 g/mol. The van der Waals surface area contributed by atoms with E-state index in [9.17, 15) is 9.36 Å². The van der Waals surface area contributed by atoms with Crippen molar-refractivity contribution in [2.24, 2.45) is 0 Å². The van der Waals surface area contributed by atoms with Gasteiger partial charge < -0.3 is 10.00 Å². The van der Waals surface area contributed by atoms with Crippen LogP contribution >= 0.6 is 7.37 Å². The summed E-state index contributed by atoms with van der Waals surface area (Å²) >= 11 is 0. The maximum Gasteiger partial charge on any atom is 0.335 e. The summed E-state index contributed by atoms with van der Waals surface area (Å²) in [4.78, 5) is 19.6. The van der Waals surface area contributed by atoms with Crippen LogP contribution in [0.5, 0.6) is 0 Å². The van der Waals surface area contributed by atoms with Crippen LogP contribution in [0.3, 0.4) is 0 Å². The third kappa shape index (κ3) is 2.41. The molecular weight excluding hydrogens is 191 g/mol. The number of hydrogen-bond acceptors (Lipinski definition) is 2. The summed E-state index contributed by atoms with van der Waals surface area (Å²) < 4.78 is 11.1. The minimum atomic E-state index is -3.26. The number of hydrogen-bond donors (Lipinski definition) is 2. The van der Waals surface area contributed by atoms with Crippen LogP contribution in [0.2, 0.25) is 0 Å². The first-order valence-electron chi connectivity index (χ1n) is 3.55. The first-order valence-corrected chi connectivity index (χ1v) is 5.66. The average Bonchev–Trinajstić information content (AvgIpc) is 2.03. The van der Waals surface area contributed by atoms with Gasteiger partial charge in [0.15, 0.2) is 0 Å². The second-order valence-corrected chi connectivity index (χ2v) is 5.01. The van der Waals surface area contributed by atoms with E-state index < -0.39 is 13.3 Å². The smallest absolute Gasteiger partial charge is 0.335 e. The molecule has 2 N–H and O–H groups in total. The molecule has 1 aromatic rings. The molecule has 4 nitrogen and oxygen atoms in total. The fraction of sp³-hybridized carbons (Fsp3) is 0.125. The zero-order valence-corrected chi connectivity index (χ0v) is 7.86. The molecular formula is C8H9O4P. The van der Waals surface area contributed by atoms with Gasteiger partial charge in [0.25, 0.3) is 0 Å². The summed E-state index contributed by atoms with van der Waals surface area (Å²) in [5.41, 5.74) is 0.109. The molecule has 0 saturated carbocycles. The van der Waals surface area contributed by atoms with E-state index in [0.717, 1.165) is 0 Å². The predicted molar refractivity (Wildman–Crippen MR) is 48.8 cm³/mol. The topological polar surface area (TPSA) is 74.6 Å². The van der Waals surface area contributed by atoms with Gasteiger partial charge in [0.2, 0.25) is 7.37 Å². The van der Waals surface area contributed by atoms with E-state index in [1.54, 1.807) is 0 Å². The van der Waals surface area contributed by atoms with Gasteiger partial charge in [-0.2, -0.15) is 0 Å². The van der Waals surface area contributed by atoms with E-state index in [4.69, 9.17) is 10.00 Å². The summed E-state index contributed by atoms with van der Waals surface area (Å²) in [7, 11) is -3.26. The van der Waals surface area contributed by atoms with Gasteiger partial charge in [-0.25, -0.2) is 4.79 Å². The van der Waals surface area contributed by atoms with E-state index in [0.29, 0.717) is 0 Å². The van der Waals surface area contributed by atoms with Crippen molar-refractivity contribution in [3.63, 3.8) is 0 Å². The maximum absolute atomic E-state index is 11.1. The van der Waals surface area contributed by atoms with Crippen molar-refractivity contribution in [1.29, 1.82) is 0 Å². The van der Waals surface area contributed by atoms with E-state index in [1.165, 1.54) is 30.9 Å². The van der Waals surface area contributed by atoms with E-state index in [1.807, 2.05) is 0 Å². The Bertz CT molecular complexity index is 362. The molecule has 5 heteroatoms. The minimum absolute atomic E-state index is 0.109. The number of benzene rings is 1. The summed E-state index contributed by atoms with van der Waals surface area (Å²) in [5, 5.41) is 8.81. The molecule has 0 amide bonds. The molecule has 1 unspecified atom stereocenters. The van der Waals surface area contributed by atoms with Crippen LogP contribution in [0, 0.1) is 0 Å². The largest absolute Gasteiger partial charge is 0.478 e. The van der Waals surface area contributed by atoms with Crippen LogP contribution in [0.15, 0.2) is 24.3 Å². The van der Waals surface area contributed by atoms with Crippen LogP contribution in [-0.2, 0) is 4.57 Å². The summed E-state index contributed by atoms with van der Waals surface area (Å²) in [5.74, 6) is -1.05. The highest BCUT2D eigenvalue weighted by atomic mass is 31.2. The van der Waals surface area contributed by atoms with Crippen molar-refractivity contribution in [2.45, 2.75) is 0 Å². The highest BCUT2D eigenvalue weighted by molar-refractivity contribution is 7.65. The third-order valence-electron chi connectivity index (χ3n) is 1.59. The molecule has 13 heavy (non-hydrogen) atoms. The molecule has 0 spiro atoms. The SMILES string of the molecule is CP(=O)(O)c1ccc(C(=O)O)cc1. The van der Waals surface area contributed by atoms with Gasteiger partial charge in [-0.05, 0) is 24.3 Å². The highest BCUT2D eigenvalue weighted by Gasteiger charge is 2.13. The van der Waals surface area contributed by atoms with Gasteiger partial charge in [-0.15, -0.1) is 0 Å². The average molecular weight is 200 g/mol. The Morgan fingerprint density at radius 3 is 2.08 bits per heavy atom. The first kappa shape index (κ1) is 9.96. The van der Waals surface area contributed by atoms with E-state index >= 15 is 0 Å². The maximum atomic E-state index is 11.1. The number of carbonyl (C=O) groups is 1. The normalized spacial score (nSPS) is 14.9. The molecule has 1 aromatic carbocycles. The second kappa shape index (κ2) is 3.32. The van der Waals surface area contributed by atoms with Crippen LogP contribution in [0.1, 0.15) is 10.4 Å². The molecule has 0 aromatic heterocycles. The lowest BCUT2D eigenvalue weighted by Gasteiger charge is -2.04. The number of carboxylic acid groups (broad SMARTS) is 1. The van der Waals surface area contributed by atoms with Crippen LogP contribution in [-0.4, -0.2) is 22.6 Å². The minimum Gasteiger partial charge on any atom is -0.478 e. The van der Waals surface area contributed by atoms with Gasteiger partial charge in [-0.1, -0.05) is 0 Å². The molecule has 0 heterocycles. The summed E-state index contributed by atoms with van der Waals surface area (Å²) in [6.45, 7) is 1.21. The van der Waals surface area contributed by atoms with Crippen molar-refractivity contribution < 1.29 is 19.4 Å². The van der Waals surface area contributed by atoms with Crippen molar-refractivity contribution in [2.75, 3.05) is 6.66 Å². The quantitative estimate of drug-likeness (QED) is 0.696. The Morgan fingerprint density at radius 2 is 1.77 bits per heavy atom. The number of aromatic carboxylic acids is 1. The Balaban J connectivity index is 3.08. The molecule has 0 aliphatic rings. The molecule has 1 atom stereocenters. The fourth-order valence-corrected chi connectivity index (χ4v) is 1.58. The number of rotatable bonds is 2. The first-order chi connectivity index (χ1) is 5.91. The summed E-state index contributed by atoms with van der Waals surface area (Å²) in [6, 6.07) is 5.32. The molecule has 1 rings (SSSR count). The van der Waals surface area contributed by atoms with Gasteiger partial charge in [-0.3, -0.25) is 4.57 Å². The van der Waals surface area contributed by atoms with Crippen LogP contribution < -0.4 is 5.30 Å². The molecule has 0 fully saturated rings. The van der Waals surface area contributed by atoms with E-state index in [-0.39, 0.29) is 10.9 Å². The lowest BCUT2D eigenvalue weighted by molar-refractivity contribution is 0.0697. The zero-order chi connectivity index (χ0) is 10.1. The molecule has 0 radical (unpaired) electrons. The Morgan fingerprint density at radius 1 is 1.31 bits per heavy atom. The molecule has 0 aliphatic carbocycles. The van der Waals surface area contributed by atoms with E-state index in [2.05, 4.69) is 0 Å². The predicted octanol–water partition coefficient (Wildman–Crippen LogP) is 0.910. The lowest BCUT2D eigenvalue weighted by atomic mass is 10.2. The van der Waals surface area contributed by atoms with Crippen molar-refractivity contribution in [3.05, 3.63) is 29.8 Å². The third-order valence-corrected chi connectivity index (χ3v) is 2.85. The van der Waals surface area contributed by atoms with Crippen LogP contribution in [0.25, 0.3) is 0 Å². The standard InChI is InChI=1S/C8H9O4P/c1-13(11,12)7-4-2-6(3-5-7)8(9)10/h2-5H,1H3,(H,9,10)(H,11,12). The highest BCUT2D eigenvalue weighted by Crippen LogP contribution is 2.33. The van der Waals surface area contributed by atoms with Crippen molar-refractivity contribution in [3.8, 4) is 0 Å². The van der Waals surface area contributed by atoms with Crippen molar-refractivity contribution in [1.82, 2.24) is 0 Å². The molecule has 70 valence electrons. The number of carboxylic acids is 1. The van der Waals surface area contributed by atoms with Crippen molar-refractivity contribution >= 4 is 18.6 Å². The molecule has 0 bridgehead atoms. The van der Waals surface area contributed by atoms with Crippen LogP contribution in [0.4, 0.5) is 0 Å². The second-order valence-electron chi connectivity index (χ2n) is 2.73. The van der Waals surface area contributed by atoms with Gasteiger partial charge in [0.05, 0.1) is 5.56 Å².